The number of thiazole rings is 1. The summed E-state index contributed by atoms with van der Waals surface area (Å²) in [4.78, 5) is 7.39. The van der Waals surface area contributed by atoms with Crippen molar-refractivity contribution in [3.05, 3.63) is 16.1 Å². The van der Waals surface area contributed by atoms with Crippen LogP contribution in [-0.4, -0.2) is 35.1 Å². The molecule has 4 heteroatoms. The van der Waals surface area contributed by atoms with Crippen molar-refractivity contribution in [1.29, 1.82) is 0 Å². The lowest BCUT2D eigenvalue weighted by Crippen LogP contribution is -2.57. The molecule has 0 unspecified atom stereocenters. The van der Waals surface area contributed by atoms with Crippen molar-refractivity contribution in [1.82, 2.24) is 15.2 Å². The maximum atomic E-state index is 4.57. The lowest BCUT2D eigenvalue weighted by atomic mass is 9.79. The van der Waals surface area contributed by atoms with Crippen molar-refractivity contribution < 1.29 is 0 Å². The summed E-state index contributed by atoms with van der Waals surface area (Å²) in [6.07, 6.45) is 11.2. The fraction of sp³-hybridized carbons (Fsp3) is 0.824. The van der Waals surface area contributed by atoms with Crippen molar-refractivity contribution in [2.45, 2.75) is 70.4 Å². The largest absolute Gasteiger partial charge is 0.309 e. The lowest BCUT2D eigenvalue weighted by Gasteiger charge is -2.48. The zero-order valence-corrected chi connectivity index (χ0v) is 14.2. The molecule has 0 spiro atoms. The standard InChI is InChI=1S/C17H29N3S/c1-15-19-16(13-21-15)12-18-14-17(8-4-2-5-9-17)20-10-6-3-7-11-20/h13,18H,2-12,14H2,1H3. The molecular formula is C17H29N3S. The second-order valence-electron chi connectivity index (χ2n) is 6.79. The molecule has 1 saturated heterocycles. The van der Waals surface area contributed by atoms with Crippen LogP contribution < -0.4 is 5.32 Å². The summed E-state index contributed by atoms with van der Waals surface area (Å²) in [5.74, 6) is 0. The molecule has 3 nitrogen and oxygen atoms in total. The smallest absolute Gasteiger partial charge is 0.0897 e. The van der Waals surface area contributed by atoms with Gasteiger partial charge in [-0.15, -0.1) is 11.3 Å². The first-order chi connectivity index (χ1) is 10.3. The highest BCUT2D eigenvalue weighted by Crippen LogP contribution is 2.35. The third-order valence-corrected chi connectivity index (χ3v) is 6.06. The summed E-state index contributed by atoms with van der Waals surface area (Å²) in [5.41, 5.74) is 1.64. The zero-order chi connectivity index (χ0) is 14.5. The molecule has 1 aromatic rings. The Kier molecular flexibility index (Phi) is 5.30. The molecule has 118 valence electrons. The van der Waals surface area contributed by atoms with Crippen LogP contribution in [-0.2, 0) is 6.54 Å². The van der Waals surface area contributed by atoms with E-state index in [2.05, 4.69) is 27.5 Å². The molecule has 1 saturated carbocycles. The molecule has 0 atom stereocenters. The number of nitrogens with zero attached hydrogens (tertiary/aromatic N) is 2. The van der Waals surface area contributed by atoms with E-state index in [9.17, 15) is 0 Å². The first-order valence-electron chi connectivity index (χ1n) is 8.65. The molecule has 1 aliphatic heterocycles. The fourth-order valence-corrected chi connectivity index (χ4v) is 4.71. The molecule has 2 fully saturated rings. The third-order valence-electron chi connectivity index (χ3n) is 5.24. The van der Waals surface area contributed by atoms with Gasteiger partial charge in [-0.05, 0) is 45.7 Å². The van der Waals surface area contributed by atoms with Crippen molar-refractivity contribution in [2.75, 3.05) is 19.6 Å². The Morgan fingerprint density at radius 3 is 2.52 bits per heavy atom. The molecular weight excluding hydrogens is 278 g/mol. The molecule has 21 heavy (non-hydrogen) atoms. The Labute approximate surface area is 133 Å². The van der Waals surface area contributed by atoms with Crippen LogP contribution in [0.25, 0.3) is 0 Å². The molecule has 1 aromatic heterocycles. The second-order valence-corrected chi connectivity index (χ2v) is 7.86. The van der Waals surface area contributed by atoms with Crippen LogP contribution in [0.1, 0.15) is 62.1 Å². The topological polar surface area (TPSA) is 28.2 Å². The lowest BCUT2D eigenvalue weighted by molar-refractivity contribution is 0.0332. The van der Waals surface area contributed by atoms with Gasteiger partial charge in [0.25, 0.3) is 0 Å². The van der Waals surface area contributed by atoms with Gasteiger partial charge in [0.15, 0.2) is 0 Å². The van der Waals surface area contributed by atoms with Gasteiger partial charge in [0.1, 0.15) is 0 Å². The highest BCUT2D eigenvalue weighted by molar-refractivity contribution is 7.09. The third kappa shape index (κ3) is 3.85. The quantitative estimate of drug-likeness (QED) is 0.898. The second kappa shape index (κ2) is 7.21. The minimum Gasteiger partial charge on any atom is -0.309 e. The molecule has 1 aliphatic carbocycles. The fourth-order valence-electron chi connectivity index (χ4n) is 4.10. The van der Waals surface area contributed by atoms with Crippen LogP contribution in [0, 0.1) is 6.92 Å². The molecule has 0 radical (unpaired) electrons. The van der Waals surface area contributed by atoms with Gasteiger partial charge in [-0.25, -0.2) is 4.98 Å². The number of piperidine rings is 1. The van der Waals surface area contributed by atoms with E-state index in [1.54, 1.807) is 11.3 Å². The number of hydrogen-bond acceptors (Lipinski definition) is 4. The number of aryl methyl sites for hydroxylation is 1. The first kappa shape index (κ1) is 15.4. The van der Waals surface area contributed by atoms with Gasteiger partial charge in [0.2, 0.25) is 0 Å². The van der Waals surface area contributed by atoms with Crippen LogP contribution >= 0.6 is 11.3 Å². The normalized spacial score (nSPS) is 23.3. The first-order valence-corrected chi connectivity index (χ1v) is 9.53. The number of likely N-dealkylation sites (tertiary alicyclic amines) is 1. The van der Waals surface area contributed by atoms with Crippen LogP contribution in [0.2, 0.25) is 0 Å². The van der Waals surface area contributed by atoms with E-state index in [1.165, 1.54) is 75.2 Å². The maximum Gasteiger partial charge on any atom is 0.0897 e. The summed E-state index contributed by atoms with van der Waals surface area (Å²) >= 11 is 1.76. The highest BCUT2D eigenvalue weighted by Gasteiger charge is 2.37. The van der Waals surface area contributed by atoms with Crippen molar-refractivity contribution in [3.8, 4) is 0 Å². The molecule has 0 aromatic carbocycles. The predicted octanol–water partition coefficient (Wildman–Crippen LogP) is 3.73. The Bertz CT molecular complexity index is 431. The summed E-state index contributed by atoms with van der Waals surface area (Å²) < 4.78 is 0. The molecule has 3 rings (SSSR count). The van der Waals surface area contributed by atoms with E-state index in [-0.39, 0.29) is 0 Å². The van der Waals surface area contributed by atoms with E-state index in [0.29, 0.717) is 5.54 Å². The van der Waals surface area contributed by atoms with Crippen LogP contribution in [0.3, 0.4) is 0 Å². The van der Waals surface area contributed by atoms with Gasteiger partial charge in [-0.3, -0.25) is 4.90 Å². The average molecular weight is 308 g/mol. The number of rotatable bonds is 5. The summed E-state index contributed by atoms with van der Waals surface area (Å²) in [6, 6.07) is 0. The molecule has 0 bridgehead atoms. The summed E-state index contributed by atoms with van der Waals surface area (Å²) in [7, 11) is 0. The van der Waals surface area contributed by atoms with E-state index < -0.39 is 0 Å². The Morgan fingerprint density at radius 1 is 1.14 bits per heavy atom. The van der Waals surface area contributed by atoms with Crippen molar-refractivity contribution >= 4 is 11.3 Å². The van der Waals surface area contributed by atoms with Gasteiger partial charge >= 0.3 is 0 Å². The van der Waals surface area contributed by atoms with Crippen molar-refractivity contribution in [2.24, 2.45) is 0 Å². The van der Waals surface area contributed by atoms with Crippen LogP contribution in [0.4, 0.5) is 0 Å². The Balaban J connectivity index is 1.59. The highest BCUT2D eigenvalue weighted by atomic mass is 32.1. The number of aromatic nitrogens is 1. The Morgan fingerprint density at radius 2 is 1.86 bits per heavy atom. The van der Waals surface area contributed by atoms with Gasteiger partial charge in [0.05, 0.1) is 10.7 Å². The summed E-state index contributed by atoms with van der Waals surface area (Å²) in [5, 5.41) is 7.09. The predicted molar refractivity (Wildman–Crippen MR) is 89.8 cm³/mol. The van der Waals surface area contributed by atoms with Crippen molar-refractivity contribution in [3.63, 3.8) is 0 Å². The van der Waals surface area contributed by atoms with Gasteiger partial charge in [0, 0.05) is 24.0 Å². The molecule has 2 aliphatic rings. The van der Waals surface area contributed by atoms with Gasteiger partial charge in [-0.1, -0.05) is 25.7 Å². The maximum absolute atomic E-state index is 4.57. The van der Waals surface area contributed by atoms with Gasteiger partial charge in [-0.2, -0.15) is 0 Å². The SMILES string of the molecule is Cc1nc(CNCC2(N3CCCCC3)CCCCC2)cs1. The van der Waals surface area contributed by atoms with E-state index in [0.717, 1.165) is 13.1 Å². The molecule has 1 N–H and O–H groups in total. The number of hydrogen-bond donors (Lipinski definition) is 1. The minimum absolute atomic E-state index is 0.434. The zero-order valence-electron chi connectivity index (χ0n) is 13.4. The monoisotopic (exact) mass is 307 g/mol. The van der Waals surface area contributed by atoms with Crippen LogP contribution in [0.5, 0.6) is 0 Å². The molecule has 0 amide bonds. The van der Waals surface area contributed by atoms with Crippen LogP contribution in [0.15, 0.2) is 5.38 Å². The number of nitrogens with one attached hydrogen (secondary N) is 1. The Hall–Kier alpha value is -0.450. The average Bonchev–Trinajstić information content (AvgIpc) is 2.95. The minimum atomic E-state index is 0.434. The molecule has 2 heterocycles. The van der Waals surface area contributed by atoms with E-state index in [4.69, 9.17) is 0 Å². The van der Waals surface area contributed by atoms with E-state index >= 15 is 0 Å². The van der Waals surface area contributed by atoms with Gasteiger partial charge < -0.3 is 5.32 Å². The van der Waals surface area contributed by atoms with E-state index in [1.807, 2.05) is 0 Å². The summed E-state index contributed by atoms with van der Waals surface area (Å²) in [6.45, 7) is 6.79.